The first-order valence-corrected chi connectivity index (χ1v) is 6.85. The lowest BCUT2D eigenvalue weighted by Crippen LogP contribution is -2.25. The summed E-state index contributed by atoms with van der Waals surface area (Å²) in [6.07, 6.45) is 2.62. The van der Waals surface area contributed by atoms with Crippen LogP contribution in [0.2, 0.25) is 5.02 Å². The van der Waals surface area contributed by atoms with Gasteiger partial charge >= 0.3 is 0 Å². The average molecular weight is 286 g/mol. The zero-order valence-electron chi connectivity index (χ0n) is 11.4. The molecule has 19 heavy (non-hydrogen) atoms. The monoisotopic (exact) mass is 285 g/mol. The summed E-state index contributed by atoms with van der Waals surface area (Å²) in [7, 11) is 3.19. The van der Waals surface area contributed by atoms with Gasteiger partial charge in [0, 0.05) is 19.7 Å². The van der Waals surface area contributed by atoms with Crippen molar-refractivity contribution in [1.29, 1.82) is 0 Å². The van der Waals surface area contributed by atoms with Gasteiger partial charge in [-0.05, 0) is 24.5 Å². The number of methoxy groups -OCH3 is 2. The maximum absolute atomic E-state index is 6.31. The van der Waals surface area contributed by atoms with Crippen LogP contribution in [-0.4, -0.2) is 33.5 Å². The van der Waals surface area contributed by atoms with Crippen molar-refractivity contribution in [2.45, 2.75) is 25.5 Å². The lowest BCUT2D eigenvalue weighted by molar-refractivity contribution is 0.110. The predicted octanol–water partition coefficient (Wildman–Crippen LogP) is 2.63. The number of benzene rings is 1. The minimum Gasteiger partial charge on any atom is -0.493 e. The number of rotatable bonds is 6. The third-order valence-electron chi connectivity index (χ3n) is 3.28. The number of halogens is 1. The molecule has 1 atom stereocenters. The first-order chi connectivity index (χ1) is 9.26. The third kappa shape index (κ3) is 3.53. The molecular weight excluding hydrogens is 266 g/mol. The Labute approximate surface area is 119 Å². The molecule has 0 amide bonds. The highest BCUT2D eigenvalue weighted by atomic mass is 35.5. The van der Waals surface area contributed by atoms with Crippen molar-refractivity contribution in [3.05, 3.63) is 22.7 Å². The van der Waals surface area contributed by atoms with E-state index in [4.69, 9.17) is 25.8 Å². The Balaban J connectivity index is 1.95. The summed E-state index contributed by atoms with van der Waals surface area (Å²) in [6.45, 7) is 2.42. The fraction of sp³-hybridized carbons (Fsp3) is 0.571. The van der Waals surface area contributed by atoms with Crippen LogP contribution in [0.3, 0.4) is 0 Å². The van der Waals surface area contributed by atoms with Crippen molar-refractivity contribution < 1.29 is 14.2 Å². The Morgan fingerprint density at radius 2 is 2.21 bits per heavy atom. The molecule has 1 heterocycles. The summed E-state index contributed by atoms with van der Waals surface area (Å²) in [5, 5.41) is 3.97. The highest BCUT2D eigenvalue weighted by Gasteiger charge is 2.16. The van der Waals surface area contributed by atoms with Crippen molar-refractivity contribution in [3.8, 4) is 11.5 Å². The average Bonchev–Trinajstić information content (AvgIpc) is 2.93. The molecule has 0 aliphatic carbocycles. The van der Waals surface area contributed by atoms with Crippen molar-refractivity contribution >= 4 is 11.6 Å². The maximum atomic E-state index is 6.31. The molecule has 1 aliphatic rings. The van der Waals surface area contributed by atoms with Gasteiger partial charge in [0.05, 0.1) is 25.3 Å². The highest BCUT2D eigenvalue weighted by Crippen LogP contribution is 2.37. The van der Waals surface area contributed by atoms with Crippen LogP contribution in [0.25, 0.3) is 0 Å². The van der Waals surface area contributed by atoms with Crippen LogP contribution < -0.4 is 14.8 Å². The largest absolute Gasteiger partial charge is 0.493 e. The summed E-state index contributed by atoms with van der Waals surface area (Å²) in [6, 6.07) is 3.82. The van der Waals surface area contributed by atoms with Gasteiger partial charge in [-0.2, -0.15) is 0 Å². The molecule has 1 aromatic carbocycles. The fourth-order valence-electron chi connectivity index (χ4n) is 2.24. The van der Waals surface area contributed by atoms with E-state index < -0.39 is 0 Å². The van der Waals surface area contributed by atoms with E-state index in [1.54, 1.807) is 14.2 Å². The Bertz CT molecular complexity index is 419. The molecule has 0 aromatic heterocycles. The molecule has 2 rings (SSSR count). The van der Waals surface area contributed by atoms with Crippen LogP contribution in [0.5, 0.6) is 11.5 Å². The van der Waals surface area contributed by atoms with E-state index in [0.29, 0.717) is 29.2 Å². The van der Waals surface area contributed by atoms with E-state index in [0.717, 1.165) is 31.6 Å². The number of hydrogen-bond acceptors (Lipinski definition) is 4. The molecule has 1 aromatic rings. The van der Waals surface area contributed by atoms with Gasteiger partial charge in [-0.15, -0.1) is 0 Å². The standard InChI is InChI=1S/C14H20ClNO3/c1-17-12-6-5-10(13(15)14(12)18-2)8-16-9-11-4-3-7-19-11/h5-6,11,16H,3-4,7-9H2,1-2H3. The first kappa shape index (κ1) is 14.4. The summed E-state index contributed by atoms with van der Waals surface area (Å²) >= 11 is 6.31. The predicted molar refractivity (Wildman–Crippen MR) is 75.2 cm³/mol. The third-order valence-corrected chi connectivity index (χ3v) is 3.69. The second-order valence-electron chi connectivity index (χ2n) is 4.54. The van der Waals surface area contributed by atoms with E-state index in [1.807, 2.05) is 12.1 Å². The van der Waals surface area contributed by atoms with Crippen LogP contribution in [0.4, 0.5) is 0 Å². The molecule has 1 N–H and O–H groups in total. The van der Waals surface area contributed by atoms with Gasteiger partial charge in [-0.25, -0.2) is 0 Å². The topological polar surface area (TPSA) is 39.7 Å². The molecular formula is C14H20ClNO3. The number of nitrogens with one attached hydrogen (secondary N) is 1. The van der Waals surface area contributed by atoms with Crippen molar-refractivity contribution in [3.63, 3.8) is 0 Å². The van der Waals surface area contributed by atoms with Crippen LogP contribution in [0.15, 0.2) is 12.1 Å². The van der Waals surface area contributed by atoms with Crippen molar-refractivity contribution in [1.82, 2.24) is 5.32 Å². The van der Waals surface area contributed by atoms with Crippen LogP contribution in [0.1, 0.15) is 18.4 Å². The van der Waals surface area contributed by atoms with Gasteiger partial charge in [-0.1, -0.05) is 17.7 Å². The van der Waals surface area contributed by atoms with Crippen LogP contribution >= 0.6 is 11.6 Å². The normalized spacial score (nSPS) is 18.6. The van der Waals surface area contributed by atoms with Crippen molar-refractivity contribution in [2.24, 2.45) is 0 Å². The quantitative estimate of drug-likeness (QED) is 0.872. The molecule has 1 aliphatic heterocycles. The zero-order valence-corrected chi connectivity index (χ0v) is 12.1. The Hall–Kier alpha value is -0.970. The van der Waals surface area contributed by atoms with E-state index in [-0.39, 0.29) is 0 Å². The summed E-state index contributed by atoms with van der Waals surface area (Å²) in [5.74, 6) is 1.23. The van der Waals surface area contributed by atoms with E-state index in [2.05, 4.69) is 5.32 Å². The molecule has 106 valence electrons. The molecule has 0 bridgehead atoms. The van der Waals surface area contributed by atoms with Gasteiger partial charge in [0.15, 0.2) is 11.5 Å². The molecule has 0 saturated carbocycles. The van der Waals surface area contributed by atoms with E-state index in [1.165, 1.54) is 0 Å². The lowest BCUT2D eigenvalue weighted by atomic mass is 10.2. The molecule has 0 radical (unpaired) electrons. The van der Waals surface area contributed by atoms with Gasteiger partial charge < -0.3 is 19.5 Å². The lowest BCUT2D eigenvalue weighted by Gasteiger charge is -2.14. The SMILES string of the molecule is COc1ccc(CNCC2CCCO2)c(Cl)c1OC. The minimum absolute atomic E-state index is 0.332. The van der Waals surface area contributed by atoms with E-state index in [9.17, 15) is 0 Å². The molecule has 1 unspecified atom stereocenters. The number of hydrogen-bond donors (Lipinski definition) is 1. The summed E-state index contributed by atoms with van der Waals surface area (Å²) in [5.41, 5.74) is 0.998. The second kappa shape index (κ2) is 6.98. The molecule has 4 nitrogen and oxygen atoms in total. The number of ether oxygens (including phenoxy) is 3. The Kier molecular flexibility index (Phi) is 5.31. The summed E-state index contributed by atoms with van der Waals surface area (Å²) < 4.78 is 16.0. The summed E-state index contributed by atoms with van der Waals surface area (Å²) in [4.78, 5) is 0. The second-order valence-corrected chi connectivity index (χ2v) is 4.92. The Morgan fingerprint density at radius 3 is 2.84 bits per heavy atom. The van der Waals surface area contributed by atoms with Crippen LogP contribution in [-0.2, 0) is 11.3 Å². The van der Waals surface area contributed by atoms with Gasteiger partial charge in [0.2, 0.25) is 0 Å². The smallest absolute Gasteiger partial charge is 0.179 e. The zero-order chi connectivity index (χ0) is 13.7. The Morgan fingerprint density at radius 1 is 1.37 bits per heavy atom. The maximum Gasteiger partial charge on any atom is 0.179 e. The first-order valence-electron chi connectivity index (χ1n) is 6.48. The van der Waals surface area contributed by atoms with E-state index >= 15 is 0 Å². The molecule has 0 spiro atoms. The van der Waals surface area contributed by atoms with Crippen molar-refractivity contribution in [2.75, 3.05) is 27.4 Å². The van der Waals surface area contributed by atoms with Gasteiger partial charge in [-0.3, -0.25) is 0 Å². The van der Waals surface area contributed by atoms with Gasteiger partial charge in [0.25, 0.3) is 0 Å². The van der Waals surface area contributed by atoms with Crippen LogP contribution in [0, 0.1) is 0 Å². The minimum atomic E-state index is 0.332. The fourth-order valence-corrected chi connectivity index (χ4v) is 2.54. The molecule has 1 saturated heterocycles. The highest BCUT2D eigenvalue weighted by molar-refractivity contribution is 6.33. The molecule has 1 fully saturated rings. The van der Waals surface area contributed by atoms with Gasteiger partial charge in [0.1, 0.15) is 0 Å². The molecule has 5 heteroatoms.